The summed E-state index contributed by atoms with van der Waals surface area (Å²) in [7, 11) is 0. The van der Waals surface area contributed by atoms with Crippen LogP contribution in [0, 0.1) is 5.82 Å². The number of anilines is 2. The van der Waals surface area contributed by atoms with Gasteiger partial charge in [-0.05, 0) is 18.6 Å². The van der Waals surface area contributed by atoms with Gasteiger partial charge in [-0.25, -0.2) is 4.39 Å². The van der Waals surface area contributed by atoms with E-state index in [1.807, 2.05) is 0 Å². The molecule has 0 amide bonds. The van der Waals surface area contributed by atoms with Crippen molar-refractivity contribution in [3.63, 3.8) is 0 Å². The fourth-order valence-electron chi connectivity index (χ4n) is 1.47. The Kier molecular flexibility index (Phi) is 4.95. The number of rotatable bonds is 6. The summed E-state index contributed by atoms with van der Waals surface area (Å²) in [5.74, 6) is -0.353. The molecule has 3 heteroatoms. The summed E-state index contributed by atoms with van der Waals surface area (Å²) in [4.78, 5) is 0. The summed E-state index contributed by atoms with van der Waals surface area (Å²) in [5, 5.41) is 3.15. The van der Waals surface area contributed by atoms with Gasteiger partial charge in [0.25, 0.3) is 0 Å². The highest BCUT2D eigenvalue weighted by molar-refractivity contribution is 5.66. The molecule has 0 unspecified atom stereocenters. The van der Waals surface area contributed by atoms with Crippen molar-refractivity contribution in [2.45, 2.75) is 32.6 Å². The first kappa shape index (κ1) is 11.8. The Hall–Kier alpha value is -1.25. The van der Waals surface area contributed by atoms with Crippen LogP contribution in [-0.4, -0.2) is 6.54 Å². The average Bonchev–Trinajstić information content (AvgIpc) is 2.24. The molecule has 84 valence electrons. The average molecular weight is 210 g/mol. The zero-order valence-corrected chi connectivity index (χ0v) is 9.22. The zero-order chi connectivity index (χ0) is 11.1. The van der Waals surface area contributed by atoms with Crippen molar-refractivity contribution in [2.75, 3.05) is 17.6 Å². The second-order valence-corrected chi connectivity index (χ2v) is 3.69. The Morgan fingerprint density at radius 1 is 1.27 bits per heavy atom. The van der Waals surface area contributed by atoms with Gasteiger partial charge in [-0.1, -0.05) is 32.3 Å². The lowest BCUT2D eigenvalue weighted by atomic mass is 10.2. The van der Waals surface area contributed by atoms with Crippen LogP contribution in [0.15, 0.2) is 18.2 Å². The van der Waals surface area contributed by atoms with E-state index >= 15 is 0 Å². The van der Waals surface area contributed by atoms with E-state index < -0.39 is 0 Å². The van der Waals surface area contributed by atoms with Crippen LogP contribution >= 0.6 is 0 Å². The van der Waals surface area contributed by atoms with E-state index in [0.29, 0.717) is 5.69 Å². The predicted octanol–water partition coefficient (Wildman–Crippen LogP) is 3.40. The molecular weight excluding hydrogens is 191 g/mol. The first-order chi connectivity index (χ1) is 7.25. The van der Waals surface area contributed by atoms with Crippen molar-refractivity contribution >= 4 is 11.4 Å². The third-order valence-corrected chi connectivity index (χ3v) is 2.40. The highest BCUT2D eigenvalue weighted by Gasteiger charge is 2.02. The number of nitrogen functional groups attached to an aromatic ring is 1. The number of hydrogen-bond donors (Lipinski definition) is 2. The lowest BCUT2D eigenvalue weighted by molar-refractivity contribution is 0.632. The first-order valence-corrected chi connectivity index (χ1v) is 5.53. The topological polar surface area (TPSA) is 38.0 Å². The third-order valence-electron chi connectivity index (χ3n) is 2.40. The molecule has 0 aliphatic rings. The van der Waals surface area contributed by atoms with Crippen molar-refractivity contribution in [1.29, 1.82) is 0 Å². The molecule has 0 aliphatic carbocycles. The Morgan fingerprint density at radius 3 is 2.80 bits per heavy atom. The Morgan fingerprint density at radius 2 is 2.07 bits per heavy atom. The van der Waals surface area contributed by atoms with Gasteiger partial charge in [0.15, 0.2) is 0 Å². The molecule has 0 atom stereocenters. The lowest BCUT2D eigenvalue weighted by Crippen LogP contribution is -2.05. The molecule has 0 saturated heterocycles. The fourth-order valence-corrected chi connectivity index (χ4v) is 1.47. The summed E-state index contributed by atoms with van der Waals surface area (Å²) < 4.78 is 13.0. The monoisotopic (exact) mass is 210 g/mol. The predicted molar refractivity (Wildman–Crippen MR) is 63.4 cm³/mol. The van der Waals surface area contributed by atoms with Gasteiger partial charge in [-0.2, -0.15) is 0 Å². The third kappa shape index (κ3) is 3.78. The van der Waals surface area contributed by atoms with Gasteiger partial charge >= 0.3 is 0 Å². The molecule has 0 aromatic heterocycles. The van der Waals surface area contributed by atoms with E-state index in [-0.39, 0.29) is 11.5 Å². The van der Waals surface area contributed by atoms with E-state index in [1.54, 1.807) is 12.1 Å². The molecule has 0 spiro atoms. The molecule has 15 heavy (non-hydrogen) atoms. The summed E-state index contributed by atoms with van der Waals surface area (Å²) >= 11 is 0. The van der Waals surface area contributed by atoms with Crippen LogP contribution in [0.4, 0.5) is 15.8 Å². The minimum absolute atomic E-state index is 0.216. The molecule has 0 bridgehead atoms. The van der Waals surface area contributed by atoms with E-state index in [1.165, 1.54) is 25.3 Å². The van der Waals surface area contributed by atoms with Gasteiger partial charge in [0, 0.05) is 6.54 Å². The van der Waals surface area contributed by atoms with E-state index in [9.17, 15) is 4.39 Å². The van der Waals surface area contributed by atoms with Crippen LogP contribution in [0.5, 0.6) is 0 Å². The molecule has 0 fully saturated rings. The highest BCUT2D eigenvalue weighted by Crippen LogP contribution is 2.20. The SMILES string of the molecule is CCCCCCNc1cccc(F)c1N. The number of hydrogen-bond acceptors (Lipinski definition) is 2. The van der Waals surface area contributed by atoms with Crippen LogP contribution < -0.4 is 11.1 Å². The summed E-state index contributed by atoms with van der Waals surface area (Å²) in [6, 6.07) is 4.84. The van der Waals surface area contributed by atoms with Crippen molar-refractivity contribution < 1.29 is 4.39 Å². The number of benzene rings is 1. The zero-order valence-electron chi connectivity index (χ0n) is 9.22. The number of nitrogens with two attached hydrogens (primary N) is 1. The molecule has 1 rings (SSSR count). The van der Waals surface area contributed by atoms with Crippen LogP contribution in [0.1, 0.15) is 32.6 Å². The molecule has 1 aromatic rings. The normalized spacial score (nSPS) is 10.3. The minimum atomic E-state index is -0.353. The quantitative estimate of drug-likeness (QED) is 0.558. The standard InChI is InChI=1S/C12H19FN2/c1-2-3-4-5-9-15-11-8-6-7-10(13)12(11)14/h6-8,15H,2-5,9,14H2,1H3. The van der Waals surface area contributed by atoms with E-state index in [0.717, 1.165) is 13.0 Å². The van der Waals surface area contributed by atoms with Crippen molar-refractivity contribution in [2.24, 2.45) is 0 Å². The second-order valence-electron chi connectivity index (χ2n) is 3.69. The molecule has 0 aliphatic heterocycles. The maximum atomic E-state index is 13.0. The van der Waals surface area contributed by atoms with E-state index in [4.69, 9.17) is 5.73 Å². The van der Waals surface area contributed by atoms with Gasteiger partial charge in [-0.3, -0.25) is 0 Å². The number of unbranched alkanes of at least 4 members (excludes halogenated alkanes) is 3. The maximum Gasteiger partial charge on any atom is 0.148 e. The smallest absolute Gasteiger partial charge is 0.148 e. The largest absolute Gasteiger partial charge is 0.395 e. The Labute approximate surface area is 90.7 Å². The van der Waals surface area contributed by atoms with Crippen LogP contribution in [0.25, 0.3) is 0 Å². The minimum Gasteiger partial charge on any atom is -0.395 e. The lowest BCUT2D eigenvalue weighted by Gasteiger charge is -2.09. The molecule has 0 saturated carbocycles. The van der Waals surface area contributed by atoms with Crippen molar-refractivity contribution in [3.8, 4) is 0 Å². The van der Waals surface area contributed by atoms with Gasteiger partial charge in [-0.15, -0.1) is 0 Å². The van der Waals surface area contributed by atoms with Crippen molar-refractivity contribution in [1.82, 2.24) is 0 Å². The molecule has 0 radical (unpaired) electrons. The van der Waals surface area contributed by atoms with E-state index in [2.05, 4.69) is 12.2 Å². The number of para-hydroxylation sites is 1. The molecule has 2 nitrogen and oxygen atoms in total. The Balaban J connectivity index is 2.34. The summed E-state index contributed by atoms with van der Waals surface area (Å²) in [6.07, 6.45) is 4.78. The van der Waals surface area contributed by atoms with Gasteiger partial charge in [0.05, 0.1) is 11.4 Å². The number of halogens is 1. The van der Waals surface area contributed by atoms with Crippen LogP contribution in [-0.2, 0) is 0 Å². The van der Waals surface area contributed by atoms with Crippen LogP contribution in [0.2, 0.25) is 0 Å². The number of nitrogens with one attached hydrogen (secondary N) is 1. The van der Waals surface area contributed by atoms with Gasteiger partial charge in [0.1, 0.15) is 5.82 Å². The summed E-state index contributed by atoms with van der Waals surface area (Å²) in [5.41, 5.74) is 6.50. The molecule has 0 heterocycles. The fraction of sp³-hybridized carbons (Fsp3) is 0.500. The first-order valence-electron chi connectivity index (χ1n) is 5.53. The highest BCUT2D eigenvalue weighted by atomic mass is 19.1. The van der Waals surface area contributed by atoms with Gasteiger partial charge in [0.2, 0.25) is 0 Å². The maximum absolute atomic E-state index is 13.0. The van der Waals surface area contributed by atoms with Gasteiger partial charge < -0.3 is 11.1 Å². The Bertz CT molecular complexity index is 300. The molecule has 1 aromatic carbocycles. The van der Waals surface area contributed by atoms with Crippen LogP contribution in [0.3, 0.4) is 0 Å². The summed E-state index contributed by atoms with van der Waals surface area (Å²) in [6.45, 7) is 3.03. The van der Waals surface area contributed by atoms with Crippen molar-refractivity contribution in [3.05, 3.63) is 24.0 Å². The second kappa shape index (κ2) is 6.27. The molecular formula is C12H19FN2. The molecule has 3 N–H and O–H groups in total.